The summed E-state index contributed by atoms with van der Waals surface area (Å²) in [5.74, 6) is 0.883. The third-order valence-corrected chi connectivity index (χ3v) is 3.24. The standard InChI is InChI=1S/C10H14BrO2P/c1-3-13-14(2)8-12-10-6-4-5-9(11)7-10/h4-7H,3,8H2,1-2H3. The minimum absolute atomic E-state index is 0.452. The molecule has 1 atom stereocenters. The molecule has 0 radical (unpaired) electrons. The van der Waals surface area contributed by atoms with E-state index >= 15 is 0 Å². The molecule has 1 unspecified atom stereocenters. The van der Waals surface area contributed by atoms with Crippen molar-refractivity contribution in [2.75, 3.05) is 19.6 Å². The first-order valence-electron chi connectivity index (χ1n) is 4.44. The first kappa shape index (κ1) is 12.0. The summed E-state index contributed by atoms with van der Waals surface area (Å²) in [7, 11) is -0.452. The van der Waals surface area contributed by atoms with Gasteiger partial charge in [-0.25, -0.2) is 0 Å². The van der Waals surface area contributed by atoms with Crippen LogP contribution < -0.4 is 4.74 Å². The van der Waals surface area contributed by atoms with Crippen LogP contribution in [-0.2, 0) is 4.52 Å². The molecule has 1 aromatic carbocycles. The first-order valence-corrected chi connectivity index (χ1v) is 7.13. The van der Waals surface area contributed by atoms with Crippen molar-refractivity contribution >= 4 is 24.1 Å². The summed E-state index contributed by atoms with van der Waals surface area (Å²) < 4.78 is 12.0. The lowest BCUT2D eigenvalue weighted by molar-refractivity contribution is 0.334. The van der Waals surface area contributed by atoms with Gasteiger partial charge in [0, 0.05) is 11.1 Å². The Kier molecular flexibility index (Phi) is 5.46. The first-order chi connectivity index (χ1) is 6.72. The quantitative estimate of drug-likeness (QED) is 0.761. The van der Waals surface area contributed by atoms with E-state index in [2.05, 4.69) is 22.6 Å². The van der Waals surface area contributed by atoms with E-state index in [-0.39, 0.29) is 0 Å². The highest BCUT2D eigenvalue weighted by Gasteiger charge is 2.01. The molecule has 14 heavy (non-hydrogen) atoms. The fourth-order valence-corrected chi connectivity index (χ4v) is 2.20. The molecule has 0 saturated carbocycles. The van der Waals surface area contributed by atoms with Crippen molar-refractivity contribution in [3.05, 3.63) is 28.7 Å². The van der Waals surface area contributed by atoms with Gasteiger partial charge in [0.1, 0.15) is 12.1 Å². The molecule has 0 aliphatic rings. The number of hydrogen-bond donors (Lipinski definition) is 0. The van der Waals surface area contributed by atoms with E-state index in [0.717, 1.165) is 16.8 Å². The van der Waals surface area contributed by atoms with E-state index in [1.165, 1.54) is 0 Å². The zero-order valence-corrected chi connectivity index (χ0v) is 10.8. The third kappa shape index (κ3) is 4.41. The van der Waals surface area contributed by atoms with Gasteiger partial charge in [-0.1, -0.05) is 22.0 Å². The lowest BCUT2D eigenvalue weighted by Gasteiger charge is -2.12. The van der Waals surface area contributed by atoms with Crippen LogP contribution >= 0.6 is 24.1 Å². The topological polar surface area (TPSA) is 18.5 Å². The van der Waals surface area contributed by atoms with Gasteiger partial charge in [0.25, 0.3) is 0 Å². The predicted molar refractivity (Wildman–Crippen MR) is 64.1 cm³/mol. The maximum Gasteiger partial charge on any atom is 0.131 e. The lowest BCUT2D eigenvalue weighted by atomic mass is 10.3. The predicted octanol–water partition coefficient (Wildman–Crippen LogP) is 3.85. The van der Waals surface area contributed by atoms with Crippen molar-refractivity contribution in [2.45, 2.75) is 6.92 Å². The van der Waals surface area contributed by atoms with Crippen LogP contribution in [0.3, 0.4) is 0 Å². The van der Waals surface area contributed by atoms with Crippen LogP contribution in [-0.4, -0.2) is 19.6 Å². The van der Waals surface area contributed by atoms with E-state index in [4.69, 9.17) is 9.26 Å². The molecule has 1 aromatic rings. The number of rotatable bonds is 5. The highest BCUT2D eigenvalue weighted by atomic mass is 79.9. The molecule has 0 spiro atoms. The number of benzene rings is 1. The third-order valence-electron chi connectivity index (χ3n) is 1.56. The lowest BCUT2D eigenvalue weighted by Crippen LogP contribution is -1.97. The van der Waals surface area contributed by atoms with Crippen molar-refractivity contribution in [3.8, 4) is 5.75 Å². The molecule has 0 fully saturated rings. The average molecular weight is 277 g/mol. The Morgan fingerprint density at radius 3 is 2.86 bits per heavy atom. The molecular formula is C10H14BrO2P. The van der Waals surface area contributed by atoms with Gasteiger partial charge in [-0.05, 0) is 31.8 Å². The summed E-state index contributed by atoms with van der Waals surface area (Å²) in [6.45, 7) is 4.82. The molecule has 0 aliphatic heterocycles. The van der Waals surface area contributed by atoms with Gasteiger partial charge in [-0.15, -0.1) is 0 Å². The van der Waals surface area contributed by atoms with Gasteiger partial charge in [-0.2, -0.15) is 0 Å². The Bertz CT molecular complexity index is 281. The monoisotopic (exact) mass is 276 g/mol. The molecule has 0 N–H and O–H groups in total. The van der Waals surface area contributed by atoms with Gasteiger partial charge < -0.3 is 9.26 Å². The maximum atomic E-state index is 5.57. The average Bonchev–Trinajstić information content (AvgIpc) is 2.15. The fourth-order valence-electron chi connectivity index (χ4n) is 0.980. The normalized spacial score (nSPS) is 12.5. The van der Waals surface area contributed by atoms with Crippen LogP contribution in [0.25, 0.3) is 0 Å². The fraction of sp³-hybridized carbons (Fsp3) is 0.400. The highest BCUT2D eigenvalue weighted by Crippen LogP contribution is 2.32. The van der Waals surface area contributed by atoms with Gasteiger partial charge in [-0.3, -0.25) is 0 Å². The molecule has 1 rings (SSSR count). The smallest absolute Gasteiger partial charge is 0.131 e. The Labute approximate surface area is 94.6 Å². The molecule has 2 nitrogen and oxygen atoms in total. The zero-order chi connectivity index (χ0) is 10.4. The summed E-state index contributed by atoms with van der Waals surface area (Å²) in [4.78, 5) is 0. The molecule has 0 amide bonds. The van der Waals surface area contributed by atoms with Crippen LogP contribution in [0.2, 0.25) is 0 Å². The molecule has 0 heterocycles. The van der Waals surface area contributed by atoms with Crippen molar-refractivity contribution < 1.29 is 9.26 Å². The molecule has 0 aromatic heterocycles. The van der Waals surface area contributed by atoms with E-state index in [9.17, 15) is 0 Å². The van der Waals surface area contributed by atoms with Gasteiger partial charge in [0.2, 0.25) is 0 Å². The van der Waals surface area contributed by atoms with Gasteiger partial charge >= 0.3 is 0 Å². The van der Waals surface area contributed by atoms with Crippen molar-refractivity contribution in [3.63, 3.8) is 0 Å². The van der Waals surface area contributed by atoms with Crippen molar-refractivity contribution in [1.82, 2.24) is 0 Å². The highest BCUT2D eigenvalue weighted by molar-refractivity contribution is 9.10. The van der Waals surface area contributed by atoms with Crippen molar-refractivity contribution in [1.29, 1.82) is 0 Å². The number of ether oxygens (including phenoxy) is 1. The van der Waals surface area contributed by atoms with Crippen LogP contribution in [0, 0.1) is 0 Å². The Morgan fingerprint density at radius 2 is 2.21 bits per heavy atom. The van der Waals surface area contributed by atoms with Crippen LogP contribution in [0.4, 0.5) is 0 Å². The largest absolute Gasteiger partial charge is 0.487 e. The minimum atomic E-state index is -0.452. The van der Waals surface area contributed by atoms with Crippen LogP contribution in [0.5, 0.6) is 5.75 Å². The number of halogens is 1. The SMILES string of the molecule is CCOP(C)COc1cccc(Br)c1. The van der Waals surface area contributed by atoms with Crippen LogP contribution in [0.1, 0.15) is 6.92 Å². The maximum absolute atomic E-state index is 5.57. The summed E-state index contributed by atoms with van der Waals surface area (Å²) in [6, 6.07) is 7.83. The second-order valence-corrected chi connectivity index (χ2v) is 5.46. The van der Waals surface area contributed by atoms with E-state index < -0.39 is 8.15 Å². The van der Waals surface area contributed by atoms with Gasteiger partial charge in [0.05, 0.1) is 8.15 Å². The summed E-state index contributed by atoms with van der Waals surface area (Å²) in [5, 5.41) is 0. The summed E-state index contributed by atoms with van der Waals surface area (Å²) in [5.41, 5.74) is 0. The number of hydrogen-bond acceptors (Lipinski definition) is 2. The minimum Gasteiger partial charge on any atom is -0.487 e. The zero-order valence-electron chi connectivity index (χ0n) is 8.37. The summed E-state index contributed by atoms with van der Waals surface area (Å²) >= 11 is 3.39. The van der Waals surface area contributed by atoms with E-state index in [0.29, 0.717) is 6.35 Å². The van der Waals surface area contributed by atoms with Crippen LogP contribution in [0.15, 0.2) is 28.7 Å². The van der Waals surface area contributed by atoms with E-state index in [1.54, 1.807) is 0 Å². The van der Waals surface area contributed by atoms with E-state index in [1.807, 2.05) is 31.2 Å². The molecule has 78 valence electrons. The van der Waals surface area contributed by atoms with Crippen molar-refractivity contribution in [2.24, 2.45) is 0 Å². The molecule has 0 aliphatic carbocycles. The Morgan fingerprint density at radius 1 is 1.43 bits per heavy atom. The molecular weight excluding hydrogens is 263 g/mol. The molecule has 0 saturated heterocycles. The second kappa shape index (κ2) is 6.39. The second-order valence-electron chi connectivity index (χ2n) is 2.78. The molecule has 0 bridgehead atoms. The Balaban J connectivity index is 2.37. The summed E-state index contributed by atoms with van der Waals surface area (Å²) in [6.07, 6.45) is 0.652. The molecule has 4 heteroatoms. The van der Waals surface area contributed by atoms with Gasteiger partial charge in [0.15, 0.2) is 0 Å². The Hall–Kier alpha value is -0.110.